The number of likely N-dealkylation sites (tertiary alicyclic amines) is 1. The van der Waals surface area contributed by atoms with E-state index in [1.54, 1.807) is 17.0 Å². The van der Waals surface area contributed by atoms with Gasteiger partial charge in [-0.2, -0.15) is 18.2 Å². The molecule has 1 aliphatic heterocycles. The lowest BCUT2D eigenvalue weighted by Gasteiger charge is -2.35. The van der Waals surface area contributed by atoms with Crippen molar-refractivity contribution in [2.24, 2.45) is 11.7 Å². The van der Waals surface area contributed by atoms with Crippen LogP contribution in [-0.2, 0) is 6.18 Å². The third-order valence-electron chi connectivity index (χ3n) is 4.32. The van der Waals surface area contributed by atoms with E-state index in [0.717, 1.165) is 6.42 Å². The summed E-state index contributed by atoms with van der Waals surface area (Å²) >= 11 is 0. The maximum absolute atomic E-state index is 12.5. The highest BCUT2D eigenvalue weighted by atomic mass is 19.4. The Morgan fingerprint density at radius 2 is 2.00 bits per heavy atom. The van der Waals surface area contributed by atoms with Crippen LogP contribution in [0.5, 0.6) is 0 Å². The molecule has 1 aromatic heterocycles. The number of rotatable bonds is 2. The Morgan fingerprint density at radius 1 is 1.32 bits per heavy atom. The minimum atomic E-state index is -4.69. The summed E-state index contributed by atoms with van der Waals surface area (Å²) < 4.78 is 41.7. The first kappa shape index (κ1) is 17.4. The number of alkyl halides is 3. The molecule has 6 nitrogen and oxygen atoms in total. The van der Waals surface area contributed by atoms with Crippen LogP contribution in [0.4, 0.5) is 13.2 Å². The van der Waals surface area contributed by atoms with Gasteiger partial charge in [0.05, 0.1) is 0 Å². The van der Waals surface area contributed by atoms with Crippen LogP contribution >= 0.6 is 0 Å². The van der Waals surface area contributed by atoms with Gasteiger partial charge in [-0.15, -0.1) is 0 Å². The topological polar surface area (TPSA) is 85.2 Å². The number of carbonyl (C=O) groups excluding carboxylic acids is 1. The van der Waals surface area contributed by atoms with Crippen LogP contribution in [0.25, 0.3) is 11.4 Å². The quantitative estimate of drug-likeness (QED) is 0.896. The van der Waals surface area contributed by atoms with Gasteiger partial charge in [0.15, 0.2) is 0 Å². The lowest BCUT2D eigenvalue weighted by Crippen LogP contribution is -2.48. The number of hydrogen-bond acceptors (Lipinski definition) is 5. The molecular formula is C16H17F3N4O2. The van der Waals surface area contributed by atoms with Crippen molar-refractivity contribution in [2.45, 2.75) is 25.6 Å². The summed E-state index contributed by atoms with van der Waals surface area (Å²) in [6, 6.07) is 6.17. The predicted molar refractivity (Wildman–Crippen MR) is 82.4 cm³/mol. The van der Waals surface area contributed by atoms with Gasteiger partial charge in [0.2, 0.25) is 5.82 Å². The highest BCUT2D eigenvalue weighted by Gasteiger charge is 2.38. The molecule has 0 aliphatic carbocycles. The Bertz CT molecular complexity index is 757. The fourth-order valence-electron chi connectivity index (χ4n) is 2.75. The first-order valence-electron chi connectivity index (χ1n) is 7.82. The van der Waals surface area contributed by atoms with Gasteiger partial charge in [0, 0.05) is 30.3 Å². The van der Waals surface area contributed by atoms with Crippen molar-refractivity contribution in [3.63, 3.8) is 0 Å². The smallest absolute Gasteiger partial charge is 0.338 e. The Balaban J connectivity index is 1.74. The summed E-state index contributed by atoms with van der Waals surface area (Å²) in [4.78, 5) is 17.6. The summed E-state index contributed by atoms with van der Waals surface area (Å²) in [5, 5.41) is 3.32. The zero-order chi connectivity index (χ0) is 18.2. The van der Waals surface area contributed by atoms with Crippen molar-refractivity contribution in [1.82, 2.24) is 15.0 Å². The van der Waals surface area contributed by atoms with Crippen molar-refractivity contribution < 1.29 is 22.5 Å². The fraction of sp³-hybridized carbons (Fsp3) is 0.438. The van der Waals surface area contributed by atoms with E-state index in [0.29, 0.717) is 24.2 Å². The molecule has 0 radical (unpaired) electrons. The summed E-state index contributed by atoms with van der Waals surface area (Å²) in [5.41, 5.74) is 6.74. The molecule has 0 bridgehead atoms. The average molecular weight is 354 g/mol. The second-order valence-corrected chi connectivity index (χ2v) is 6.18. The molecule has 2 atom stereocenters. The van der Waals surface area contributed by atoms with E-state index < -0.39 is 12.1 Å². The molecule has 2 aromatic rings. The van der Waals surface area contributed by atoms with E-state index in [2.05, 4.69) is 14.7 Å². The number of nitrogens with zero attached hydrogens (tertiary/aromatic N) is 3. The molecule has 3 rings (SSSR count). The number of hydrogen-bond donors (Lipinski definition) is 1. The van der Waals surface area contributed by atoms with Crippen molar-refractivity contribution in [1.29, 1.82) is 0 Å². The van der Waals surface area contributed by atoms with E-state index in [1.165, 1.54) is 12.1 Å². The van der Waals surface area contributed by atoms with E-state index in [-0.39, 0.29) is 23.7 Å². The Kier molecular flexibility index (Phi) is 4.51. The highest BCUT2D eigenvalue weighted by Crippen LogP contribution is 2.29. The second kappa shape index (κ2) is 6.47. The van der Waals surface area contributed by atoms with Crippen LogP contribution in [0.1, 0.15) is 29.6 Å². The van der Waals surface area contributed by atoms with E-state index in [9.17, 15) is 18.0 Å². The SMILES string of the molecule is C[C@@H]1CN(C(=O)c2ccc(-c3noc(C(F)(F)F)n3)cc2)CC[C@@H]1N. The van der Waals surface area contributed by atoms with Crippen LogP contribution < -0.4 is 5.73 Å². The molecular weight excluding hydrogens is 337 g/mol. The normalized spacial score (nSPS) is 21.4. The van der Waals surface area contributed by atoms with Gasteiger partial charge >= 0.3 is 12.1 Å². The van der Waals surface area contributed by atoms with Crippen molar-refractivity contribution in [2.75, 3.05) is 13.1 Å². The monoisotopic (exact) mass is 354 g/mol. The van der Waals surface area contributed by atoms with Crippen LogP contribution in [0, 0.1) is 5.92 Å². The van der Waals surface area contributed by atoms with Crippen molar-refractivity contribution in [3.05, 3.63) is 35.7 Å². The lowest BCUT2D eigenvalue weighted by atomic mass is 9.94. The number of halogens is 3. The molecule has 1 aromatic carbocycles. The average Bonchev–Trinajstić information content (AvgIpc) is 3.07. The van der Waals surface area contributed by atoms with Gasteiger partial charge < -0.3 is 15.2 Å². The zero-order valence-electron chi connectivity index (χ0n) is 13.5. The standard InChI is InChI=1S/C16H17F3N4O2/c1-9-8-23(7-6-12(9)20)14(24)11-4-2-10(3-5-11)13-21-15(25-22-13)16(17,18)19/h2-5,9,12H,6-8,20H2,1H3/t9-,12+/m1/s1. The lowest BCUT2D eigenvalue weighted by molar-refractivity contribution is -0.159. The van der Waals surface area contributed by atoms with Crippen molar-refractivity contribution in [3.8, 4) is 11.4 Å². The predicted octanol–water partition coefficient (Wildman–Crippen LogP) is 2.56. The van der Waals surface area contributed by atoms with Crippen LogP contribution in [0.2, 0.25) is 0 Å². The first-order chi connectivity index (χ1) is 11.8. The molecule has 2 heterocycles. The molecule has 134 valence electrons. The third-order valence-corrected chi connectivity index (χ3v) is 4.32. The van der Waals surface area contributed by atoms with Crippen LogP contribution in [-0.4, -0.2) is 40.1 Å². The summed E-state index contributed by atoms with van der Waals surface area (Å²) in [6.07, 6.45) is -3.94. The summed E-state index contributed by atoms with van der Waals surface area (Å²) in [5.74, 6) is -1.49. The minimum Gasteiger partial charge on any atom is -0.338 e. The number of nitrogens with two attached hydrogens (primary N) is 1. The number of amides is 1. The Hall–Kier alpha value is -2.42. The number of benzene rings is 1. The first-order valence-corrected chi connectivity index (χ1v) is 7.82. The highest BCUT2D eigenvalue weighted by molar-refractivity contribution is 5.94. The van der Waals surface area contributed by atoms with Gasteiger partial charge in [-0.05, 0) is 24.5 Å². The molecule has 1 aliphatic rings. The fourth-order valence-corrected chi connectivity index (χ4v) is 2.75. The number of piperidine rings is 1. The maximum atomic E-state index is 12.5. The summed E-state index contributed by atoms with van der Waals surface area (Å²) in [6.45, 7) is 3.18. The van der Waals surface area contributed by atoms with E-state index >= 15 is 0 Å². The van der Waals surface area contributed by atoms with E-state index in [4.69, 9.17) is 5.73 Å². The second-order valence-electron chi connectivity index (χ2n) is 6.18. The van der Waals surface area contributed by atoms with Crippen LogP contribution in [0.15, 0.2) is 28.8 Å². The molecule has 0 unspecified atom stereocenters. The zero-order valence-corrected chi connectivity index (χ0v) is 13.5. The van der Waals surface area contributed by atoms with Gasteiger partial charge in [0.25, 0.3) is 5.91 Å². The van der Waals surface area contributed by atoms with Gasteiger partial charge in [-0.3, -0.25) is 4.79 Å². The molecule has 0 saturated carbocycles. The van der Waals surface area contributed by atoms with Gasteiger partial charge in [-0.25, -0.2) is 0 Å². The van der Waals surface area contributed by atoms with Gasteiger partial charge in [-0.1, -0.05) is 24.2 Å². The molecule has 1 amide bonds. The molecule has 2 N–H and O–H groups in total. The summed E-state index contributed by atoms with van der Waals surface area (Å²) in [7, 11) is 0. The third kappa shape index (κ3) is 3.65. The van der Waals surface area contributed by atoms with Crippen LogP contribution in [0.3, 0.4) is 0 Å². The van der Waals surface area contributed by atoms with Gasteiger partial charge in [0.1, 0.15) is 0 Å². The molecule has 1 fully saturated rings. The molecule has 9 heteroatoms. The number of carbonyl (C=O) groups is 1. The molecule has 1 saturated heterocycles. The maximum Gasteiger partial charge on any atom is 0.471 e. The van der Waals surface area contributed by atoms with E-state index in [1.807, 2.05) is 6.92 Å². The Morgan fingerprint density at radius 3 is 2.56 bits per heavy atom. The Labute approximate surface area is 141 Å². The largest absolute Gasteiger partial charge is 0.471 e. The minimum absolute atomic E-state index is 0.0903. The number of aromatic nitrogens is 2. The molecule has 25 heavy (non-hydrogen) atoms. The van der Waals surface area contributed by atoms with Crippen molar-refractivity contribution >= 4 is 5.91 Å². The molecule has 0 spiro atoms.